The van der Waals surface area contributed by atoms with Gasteiger partial charge in [-0.25, -0.2) is 0 Å². The first-order valence-corrected chi connectivity index (χ1v) is 5.26. The maximum Gasteiger partial charge on any atom is 0.396 e. The molecule has 1 atom stereocenters. The van der Waals surface area contributed by atoms with Crippen molar-refractivity contribution in [2.24, 2.45) is 0 Å². The molecule has 0 aliphatic rings. The molecule has 0 aromatic heterocycles. The lowest BCUT2D eigenvalue weighted by atomic mass is 9.94. The van der Waals surface area contributed by atoms with Gasteiger partial charge in [-0.05, 0) is 12.1 Å². The molecule has 0 aliphatic carbocycles. The maximum atomic E-state index is 12.9. The zero-order chi connectivity index (χ0) is 13.9. The Morgan fingerprint density at radius 2 is 2.11 bits per heavy atom. The van der Waals surface area contributed by atoms with Crippen molar-refractivity contribution in [1.29, 1.82) is 0 Å². The summed E-state index contributed by atoms with van der Waals surface area (Å²) in [6.07, 6.45) is -5.81. The van der Waals surface area contributed by atoms with Crippen LogP contribution in [-0.4, -0.2) is 24.4 Å². The lowest BCUT2D eigenvalue weighted by Crippen LogP contribution is -2.24. The largest absolute Gasteiger partial charge is 0.496 e. The summed E-state index contributed by atoms with van der Waals surface area (Å²) in [7, 11) is 1.20. The molecule has 0 saturated heterocycles. The summed E-state index contributed by atoms with van der Waals surface area (Å²) in [5.41, 5.74) is -0.350. The number of carbonyl (C=O) groups is 1. The summed E-state index contributed by atoms with van der Waals surface area (Å²) in [6, 6.07) is 4.00. The van der Waals surface area contributed by atoms with Crippen molar-refractivity contribution >= 4 is 17.6 Å². The van der Waals surface area contributed by atoms with Gasteiger partial charge in [0, 0.05) is 10.6 Å². The fraction of sp³-hybridized carbons (Fsp3) is 0.364. The second kappa shape index (κ2) is 5.48. The van der Waals surface area contributed by atoms with Crippen molar-refractivity contribution in [1.82, 2.24) is 0 Å². The maximum absolute atomic E-state index is 12.9. The predicted octanol–water partition coefficient (Wildman–Crippen LogP) is 3.47. The fourth-order valence-electron chi connectivity index (χ4n) is 1.59. The highest BCUT2D eigenvalue weighted by Gasteiger charge is 2.44. The topological polar surface area (TPSA) is 46.5 Å². The molecule has 0 spiro atoms. The number of alkyl halides is 3. The van der Waals surface area contributed by atoms with Gasteiger partial charge in [-0.2, -0.15) is 13.2 Å². The number of hydrogen-bond donors (Lipinski definition) is 1. The molecule has 0 bridgehead atoms. The lowest BCUT2D eigenvalue weighted by molar-refractivity contribution is -0.163. The Labute approximate surface area is 106 Å². The van der Waals surface area contributed by atoms with E-state index in [0.717, 1.165) is 0 Å². The Morgan fingerprint density at radius 3 is 2.56 bits per heavy atom. The number of aliphatic carboxylic acids is 1. The average molecular weight is 283 g/mol. The van der Waals surface area contributed by atoms with Crippen molar-refractivity contribution in [2.45, 2.75) is 18.5 Å². The standard InChI is InChI=1S/C11H10ClF3O3/c1-18-8-4-2-3-7(12)10(8)6(5-9(16)17)11(13,14)15/h2-4,6H,5H2,1H3,(H,16,17). The van der Waals surface area contributed by atoms with E-state index in [1.165, 1.54) is 25.3 Å². The molecular weight excluding hydrogens is 273 g/mol. The number of methoxy groups -OCH3 is 1. The van der Waals surface area contributed by atoms with Gasteiger partial charge in [-0.3, -0.25) is 4.79 Å². The van der Waals surface area contributed by atoms with Crippen LogP contribution in [0.25, 0.3) is 0 Å². The molecule has 1 aromatic rings. The Balaban J connectivity index is 3.33. The van der Waals surface area contributed by atoms with Crippen LogP contribution in [0.5, 0.6) is 5.75 Å². The van der Waals surface area contributed by atoms with Crippen LogP contribution in [0, 0.1) is 0 Å². The predicted molar refractivity (Wildman–Crippen MR) is 59.1 cm³/mol. The van der Waals surface area contributed by atoms with Crippen molar-refractivity contribution in [3.05, 3.63) is 28.8 Å². The molecule has 0 fully saturated rings. The quantitative estimate of drug-likeness (QED) is 0.920. The molecule has 0 radical (unpaired) electrons. The van der Waals surface area contributed by atoms with Gasteiger partial charge in [-0.1, -0.05) is 17.7 Å². The monoisotopic (exact) mass is 282 g/mol. The highest BCUT2D eigenvalue weighted by atomic mass is 35.5. The summed E-state index contributed by atoms with van der Waals surface area (Å²) in [4.78, 5) is 10.6. The van der Waals surface area contributed by atoms with E-state index in [1.807, 2.05) is 0 Å². The van der Waals surface area contributed by atoms with Gasteiger partial charge in [0.1, 0.15) is 5.75 Å². The summed E-state index contributed by atoms with van der Waals surface area (Å²) in [6.45, 7) is 0. The van der Waals surface area contributed by atoms with Gasteiger partial charge in [0.15, 0.2) is 0 Å². The number of hydrogen-bond acceptors (Lipinski definition) is 2. The van der Waals surface area contributed by atoms with Crippen LogP contribution in [0.1, 0.15) is 17.9 Å². The molecule has 1 unspecified atom stereocenters. The van der Waals surface area contributed by atoms with E-state index >= 15 is 0 Å². The molecule has 0 heterocycles. The number of benzene rings is 1. The number of ether oxygens (including phenoxy) is 1. The molecule has 18 heavy (non-hydrogen) atoms. The summed E-state index contributed by atoms with van der Waals surface area (Å²) in [5, 5.41) is 8.41. The summed E-state index contributed by atoms with van der Waals surface area (Å²) >= 11 is 5.72. The van der Waals surface area contributed by atoms with Crippen LogP contribution < -0.4 is 4.74 Å². The smallest absolute Gasteiger partial charge is 0.396 e. The van der Waals surface area contributed by atoms with Crippen LogP contribution in [0.15, 0.2) is 18.2 Å². The normalized spacial score (nSPS) is 13.2. The van der Waals surface area contributed by atoms with Crippen molar-refractivity contribution in [3.8, 4) is 5.75 Å². The fourth-order valence-corrected chi connectivity index (χ4v) is 1.89. The van der Waals surface area contributed by atoms with Gasteiger partial charge in [0.25, 0.3) is 0 Å². The lowest BCUT2D eigenvalue weighted by Gasteiger charge is -2.22. The second-order valence-electron chi connectivity index (χ2n) is 3.55. The van der Waals surface area contributed by atoms with Gasteiger partial charge in [-0.15, -0.1) is 0 Å². The van der Waals surface area contributed by atoms with Gasteiger partial charge >= 0.3 is 12.1 Å². The molecule has 1 N–H and O–H groups in total. The van der Waals surface area contributed by atoms with E-state index in [2.05, 4.69) is 0 Å². The number of rotatable bonds is 4. The Kier molecular flexibility index (Phi) is 4.45. The molecule has 0 aliphatic heterocycles. The molecule has 3 nitrogen and oxygen atoms in total. The van der Waals surface area contributed by atoms with E-state index in [4.69, 9.17) is 21.4 Å². The first-order chi connectivity index (χ1) is 8.27. The van der Waals surface area contributed by atoms with E-state index in [-0.39, 0.29) is 16.3 Å². The van der Waals surface area contributed by atoms with Gasteiger partial charge in [0.05, 0.1) is 19.4 Å². The van der Waals surface area contributed by atoms with Crippen molar-refractivity contribution in [2.75, 3.05) is 7.11 Å². The summed E-state index contributed by atoms with van der Waals surface area (Å²) in [5.74, 6) is -3.83. The van der Waals surface area contributed by atoms with Crippen LogP contribution >= 0.6 is 11.6 Å². The van der Waals surface area contributed by atoms with Crippen LogP contribution in [0.4, 0.5) is 13.2 Å². The highest BCUT2D eigenvalue weighted by Crippen LogP contribution is 2.44. The third-order valence-corrected chi connectivity index (χ3v) is 2.68. The molecule has 100 valence electrons. The minimum atomic E-state index is -4.71. The summed E-state index contributed by atoms with van der Waals surface area (Å²) < 4.78 is 43.5. The minimum Gasteiger partial charge on any atom is -0.496 e. The first kappa shape index (κ1) is 14.6. The third kappa shape index (κ3) is 3.29. The number of halogens is 4. The van der Waals surface area contributed by atoms with Gasteiger partial charge in [0.2, 0.25) is 0 Å². The van der Waals surface area contributed by atoms with E-state index in [1.54, 1.807) is 0 Å². The van der Waals surface area contributed by atoms with Crippen LogP contribution in [-0.2, 0) is 4.79 Å². The van der Waals surface area contributed by atoms with Crippen LogP contribution in [0.3, 0.4) is 0 Å². The molecule has 1 rings (SSSR count). The SMILES string of the molecule is COc1cccc(Cl)c1C(CC(=O)O)C(F)(F)F. The molecule has 0 amide bonds. The molecular formula is C11H10ClF3O3. The molecule has 1 aromatic carbocycles. The Bertz CT molecular complexity index is 446. The van der Waals surface area contributed by atoms with Crippen LogP contribution in [0.2, 0.25) is 5.02 Å². The van der Waals surface area contributed by atoms with Crippen molar-refractivity contribution < 1.29 is 27.8 Å². The zero-order valence-corrected chi connectivity index (χ0v) is 10.0. The number of carboxylic acids is 1. The van der Waals surface area contributed by atoms with E-state index in [9.17, 15) is 18.0 Å². The highest BCUT2D eigenvalue weighted by molar-refractivity contribution is 6.31. The molecule has 0 saturated carbocycles. The Hall–Kier alpha value is -1.43. The Morgan fingerprint density at radius 1 is 1.50 bits per heavy atom. The number of carboxylic acid groups (broad SMARTS) is 1. The minimum absolute atomic E-state index is 0.0777. The van der Waals surface area contributed by atoms with E-state index < -0.39 is 24.5 Å². The second-order valence-corrected chi connectivity index (χ2v) is 3.96. The molecule has 7 heteroatoms. The first-order valence-electron chi connectivity index (χ1n) is 4.88. The third-order valence-electron chi connectivity index (χ3n) is 2.36. The average Bonchev–Trinajstić information content (AvgIpc) is 2.24. The van der Waals surface area contributed by atoms with E-state index in [0.29, 0.717) is 0 Å². The van der Waals surface area contributed by atoms with Gasteiger partial charge < -0.3 is 9.84 Å². The zero-order valence-electron chi connectivity index (χ0n) is 9.29. The van der Waals surface area contributed by atoms with Crippen molar-refractivity contribution in [3.63, 3.8) is 0 Å².